The number of benzene rings is 1. The molecule has 0 aliphatic rings. The van der Waals surface area contributed by atoms with Gasteiger partial charge in [-0.15, -0.1) is 0 Å². The molecule has 2 aromatic rings. The number of hydrogen-bond acceptors (Lipinski definition) is 5. The molecule has 1 N–H and O–H groups in total. The summed E-state index contributed by atoms with van der Waals surface area (Å²) < 4.78 is 6.24. The van der Waals surface area contributed by atoms with Crippen molar-refractivity contribution in [2.75, 3.05) is 12.4 Å². The van der Waals surface area contributed by atoms with Crippen LogP contribution in [0.15, 0.2) is 35.1 Å². The van der Waals surface area contributed by atoms with Crippen molar-refractivity contribution in [3.63, 3.8) is 0 Å². The van der Waals surface area contributed by atoms with Gasteiger partial charge in [0.25, 0.3) is 5.56 Å². The van der Waals surface area contributed by atoms with E-state index >= 15 is 0 Å². The molecule has 126 valence electrons. The van der Waals surface area contributed by atoms with Crippen molar-refractivity contribution < 1.29 is 9.53 Å². The van der Waals surface area contributed by atoms with Crippen LogP contribution in [0.25, 0.3) is 0 Å². The average Bonchev–Trinajstić information content (AvgIpc) is 2.60. The van der Waals surface area contributed by atoms with E-state index in [1.807, 2.05) is 12.1 Å². The molecule has 0 unspecified atom stereocenters. The van der Waals surface area contributed by atoms with Crippen molar-refractivity contribution in [1.82, 2.24) is 4.57 Å². The number of carbonyl (C=O) groups is 1. The van der Waals surface area contributed by atoms with Gasteiger partial charge in [0.1, 0.15) is 18.2 Å². The highest BCUT2D eigenvalue weighted by molar-refractivity contribution is 5.90. The number of nitrogens with zero attached hydrogens (tertiary/aromatic N) is 3. The Hall–Kier alpha value is -3.42. The summed E-state index contributed by atoms with van der Waals surface area (Å²) >= 11 is 0. The van der Waals surface area contributed by atoms with Gasteiger partial charge in [-0.25, -0.2) is 0 Å². The van der Waals surface area contributed by atoms with Crippen LogP contribution >= 0.6 is 0 Å². The van der Waals surface area contributed by atoms with E-state index in [9.17, 15) is 14.9 Å². The predicted molar refractivity (Wildman–Crippen MR) is 90.7 cm³/mol. The van der Waals surface area contributed by atoms with Crippen molar-refractivity contribution in [3.8, 4) is 12.1 Å². The number of pyridine rings is 1. The molecule has 1 aromatic heterocycles. The van der Waals surface area contributed by atoms with Gasteiger partial charge >= 0.3 is 0 Å². The standard InChI is InChI=1S/C18H16N4O3/c1-12-7-14(11-25-2)16(9-20)18(24)22(12)10-17(23)21-15-5-3-13(8-19)4-6-15/h3-7H,10-11H2,1-2H3,(H,21,23). The summed E-state index contributed by atoms with van der Waals surface area (Å²) in [5.74, 6) is -0.404. The Balaban J connectivity index is 2.24. The van der Waals surface area contributed by atoms with E-state index in [1.165, 1.54) is 11.7 Å². The fourth-order valence-electron chi connectivity index (χ4n) is 2.39. The first-order valence-corrected chi connectivity index (χ1v) is 7.42. The molecule has 7 nitrogen and oxygen atoms in total. The third-order valence-corrected chi connectivity index (χ3v) is 3.60. The van der Waals surface area contributed by atoms with Gasteiger partial charge in [-0.1, -0.05) is 0 Å². The number of anilines is 1. The van der Waals surface area contributed by atoms with Crippen LogP contribution < -0.4 is 10.9 Å². The third kappa shape index (κ3) is 4.11. The Morgan fingerprint density at radius 3 is 2.48 bits per heavy atom. The van der Waals surface area contributed by atoms with Gasteiger partial charge < -0.3 is 14.6 Å². The summed E-state index contributed by atoms with van der Waals surface area (Å²) in [6.45, 7) is 1.63. The predicted octanol–water partition coefficient (Wildman–Crippen LogP) is 1.69. The Bertz CT molecular complexity index is 931. The number of rotatable bonds is 5. The van der Waals surface area contributed by atoms with Crippen LogP contribution in [0.3, 0.4) is 0 Å². The molecular formula is C18H16N4O3. The van der Waals surface area contributed by atoms with Gasteiger partial charge in [-0.05, 0) is 37.3 Å². The molecule has 0 aliphatic heterocycles. The number of hydrogen-bond donors (Lipinski definition) is 1. The lowest BCUT2D eigenvalue weighted by Gasteiger charge is -2.13. The lowest BCUT2D eigenvalue weighted by atomic mass is 10.1. The zero-order chi connectivity index (χ0) is 18.4. The zero-order valence-corrected chi connectivity index (χ0v) is 13.9. The van der Waals surface area contributed by atoms with Gasteiger partial charge in [0.2, 0.25) is 5.91 Å². The van der Waals surface area contributed by atoms with Crippen molar-refractivity contribution >= 4 is 11.6 Å². The summed E-state index contributed by atoms with van der Waals surface area (Å²) in [7, 11) is 1.48. The highest BCUT2D eigenvalue weighted by atomic mass is 16.5. The van der Waals surface area contributed by atoms with Crippen LogP contribution in [0.5, 0.6) is 0 Å². The molecule has 0 atom stereocenters. The lowest BCUT2D eigenvalue weighted by molar-refractivity contribution is -0.116. The second kappa shape index (κ2) is 7.91. The van der Waals surface area contributed by atoms with Gasteiger partial charge in [-0.3, -0.25) is 9.59 Å². The molecule has 0 aliphatic carbocycles. The van der Waals surface area contributed by atoms with E-state index in [1.54, 1.807) is 37.3 Å². The van der Waals surface area contributed by atoms with Gasteiger partial charge in [0.15, 0.2) is 0 Å². The van der Waals surface area contributed by atoms with E-state index in [2.05, 4.69) is 5.32 Å². The fraction of sp³-hybridized carbons (Fsp3) is 0.222. The van der Waals surface area contributed by atoms with E-state index < -0.39 is 11.5 Å². The van der Waals surface area contributed by atoms with Crippen LogP contribution in [0.4, 0.5) is 5.69 Å². The number of amides is 1. The molecule has 25 heavy (non-hydrogen) atoms. The van der Waals surface area contributed by atoms with Crippen LogP contribution in [0.2, 0.25) is 0 Å². The van der Waals surface area contributed by atoms with Crippen molar-refractivity contribution in [2.45, 2.75) is 20.1 Å². The molecule has 0 spiro atoms. The van der Waals surface area contributed by atoms with E-state index in [4.69, 9.17) is 10.00 Å². The molecule has 0 radical (unpaired) electrons. The molecule has 0 fully saturated rings. The molecule has 2 rings (SSSR count). The van der Waals surface area contributed by atoms with E-state index in [-0.39, 0.29) is 18.7 Å². The average molecular weight is 336 g/mol. The highest BCUT2D eigenvalue weighted by Gasteiger charge is 2.15. The number of nitrogens with one attached hydrogen (secondary N) is 1. The quantitative estimate of drug-likeness (QED) is 0.894. The molecule has 7 heteroatoms. The number of nitriles is 2. The van der Waals surface area contributed by atoms with Crippen molar-refractivity contribution in [1.29, 1.82) is 10.5 Å². The molecule has 0 saturated heterocycles. The van der Waals surface area contributed by atoms with Crippen LogP contribution in [0.1, 0.15) is 22.4 Å². The monoisotopic (exact) mass is 336 g/mol. The first-order valence-electron chi connectivity index (χ1n) is 7.42. The van der Waals surface area contributed by atoms with Crippen molar-refractivity contribution in [2.24, 2.45) is 0 Å². The summed E-state index contributed by atoms with van der Waals surface area (Å²) in [6.07, 6.45) is 0. The number of carbonyl (C=O) groups excluding carboxylic acids is 1. The van der Waals surface area contributed by atoms with Gasteiger partial charge in [0.05, 0.1) is 18.2 Å². The summed E-state index contributed by atoms with van der Waals surface area (Å²) in [6, 6.07) is 11.9. The van der Waals surface area contributed by atoms with Crippen molar-refractivity contribution in [3.05, 3.63) is 63.1 Å². The Kier molecular flexibility index (Phi) is 5.67. The number of ether oxygens (including phenoxy) is 1. The zero-order valence-electron chi connectivity index (χ0n) is 13.9. The lowest BCUT2D eigenvalue weighted by Crippen LogP contribution is -2.31. The normalized spacial score (nSPS) is 9.92. The summed E-state index contributed by atoms with van der Waals surface area (Å²) in [5.41, 5.74) is 1.51. The molecule has 1 aromatic carbocycles. The van der Waals surface area contributed by atoms with Gasteiger partial charge in [-0.2, -0.15) is 10.5 Å². The Morgan fingerprint density at radius 2 is 1.92 bits per heavy atom. The molecule has 0 saturated carbocycles. The molecule has 1 amide bonds. The molecule has 1 heterocycles. The third-order valence-electron chi connectivity index (χ3n) is 3.60. The summed E-state index contributed by atoms with van der Waals surface area (Å²) in [5, 5.41) is 20.6. The minimum atomic E-state index is -0.524. The summed E-state index contributed by atoms with van der Waals surface area (Å²) in [4.78, 5) is 24.7. The topological polar surface area (TPSA) is 108 Å². The minimum absolute atomic E-state index is 0.0291. The first-order chi connectivity index (χ1) is 12.0. The maximum atomic E-state index is 12.5. The largest absolute Gasteiger partial charge is 0.380 e. The minimum Gasteiger partial charge on any atom is -0.380 e. The second-order valence-corrected chi connectivity index (χ2v) is 5.36. The molecule has 0 bridgehead atoms. The smallest absolute Gasteiger partial charge is 0.269 e. The molecular weight excluding hydrogens is 320 g/mol. The Labute approximate surface area is 144 Å². The second-order valence-electron chi connectivity index (χ2n) is 5.36. The SMILES string of the molecule is COCc1cc(C)n(CC(=O)Nc2ccc(C#N)cc2)c(=O)c1C#N. The maximum absolute atomic E-state index is 12.5. The van der Waals surface area contributed by atoms with Gasteiger partial charge in [0, 0.05) is 24.1 Å². The number of aryl methyl sites for hydroxylation is 1. The van der Waals surface area contributed by atoms with E-state index in [0.717, 1.165) is 0 Å². The highest BCUT2D eigenvalue weighted by Crippen LogP contribution is 2.11. The van der Waals surface area contributed by atoms with Crippen LogP contribution in [-0.2, 0) is 22.7 Å². The maximum Gasteiger partial charge on any atom is 0.269 e. The number of aromatic nitrogens is 1. The fourth-order valence-corrected chi connectivity index (χ4v) is 2.39. The first kappa shape index (κ1) is 17.9. The van der Waals surface area contributed by atoms with Crippen LogP contribution in [0, 0.1) is 29.6 Å². The van der Waals surface area contributed by atoms with E-state index in [0.29, 0.717) is 22.5 Å². The number of methoxy groups -OCH3 is 1. The Morgan fingerprint density at radius 1 is 1.24 bits per heavy atom. The van der Waals surface area contributed by atoms with Crippen LogP contribution in [-0.4, -0.2) is 17.6 Å².